The van der Waals surface area contributed by atoms with E-state index in [0.717, 1.165) is 63.5 Å². The van der Waals surface area contributed by atoms with Crippen LogP contribution in [0.1, 0.15) is 30.0 Å². The zero-order valence-corrected chi connectivity index (χ0v) is 16.0. The molecule has 1 N–H and O–H groups in total. The lowest BCUT2D eigenvalue weighted by molar-refractivity contribution is -0.134. The number of carbonyl (C=O) groups excluding carboxylic acids is 1. The van der Waals surface area contributed by atoms with Crippen LogP contribution in [0, 0.1) is 6.92 Å². The zero-order chi connectivity index (χ0) is 18.6. The number of hydrogen-bond acceptors (Lipinski definition) is 4. The Morgan fingerprint density at radius 2 is 2.00 bits per heavy atom. The highest BCUT2D eigenvalue weighted by Crippen LogP contribution is 2.33. The summed E-state index contributed by atoms with van der Waals surface area (Å²) in [5.41, 5.74) is 4.74. The molecule has 4 rings (SSSR count). The molecule has 2 aromatic rings. The summed E-state index contributed by atoms with van der Waals surface area (Å²) < 4.78 is 5.38. The third-order valence-electron chi connectivity index (χ3n) is 5.68. The highest BCUT2D eigenvalue weighted by Gasteiger charge is 2.28. The monoisotopic (exact) mass is 368 g/mol. The summed E-state index contributed by atoms with van der Waals surface area (Å²) in [7, 11) is 0. The van der Waals surface area contributed by atoms with Gasteiger partial charge in [-0.05, 0) is 25.3 Å². The number of rotatable bonds is 4. The number of amides is 1. The van der Waals surface area contributed by atoms with Crippen molar-refractivity contribution < 1.29 is 9.53 Å². The van der Waals surface area contributed by atoms with Crippen molar-refractivity contribution in [1.82, 2.24) is 20.0 Å². The second-order valence-corrected chi connectivity index (χ2v) is 7.63. The minimum absolute atomic E-state index is 0.234. The Morgan fingerprint density at radius 1 is 1.22 bits per heavy atom. The van der Waals surface area contributed by atoms with Gasteiger partial charge in [0, 0.05) is 43.4 Å². The molecule has 6 nitrogen and oxygen atoms in total. The van der Waals surface area contributed by atoms with Crippen LogP contribution < -0.4 is 0 Å². The van der Waals surface area contributed by atoms with Gasteiger partial charge in [0.15, 0.2) is 0 Å². The molecule has 1 aromatic heterocycles. The number of aromatic amines is 1. The molecule has 2 aliphatic rings. The van der Waals surface area contributed by atoms with E-state index < -0.39 is 0 Å². The van der Waals surface area contributed by atoms with Crippen molar-refractivity contribution in [3.63, 3.8) is 0 Å². The van der Waals surface area contributed by atoms with Crippen molar-refractivity contribution in [2.45, 2.75) is 25.7 Å². The normalized spacial score (nSPS) is 21.4. The number of aryl methyl sites for hydroxylation is 1. The van der Waals surface area contributed by atoms with E-state index in [-0.39, 0.29) is 5.91 Å². The lowest BCUT2D eigenvalue weighted by Gasteiger charge is -2.35. The number of ether oxygens (including phenoxy) is 1. The van der Waals surface area contributed by atoms with Crippen LogP contribution in [0.25, 0.3) is 11.1 Å². The second-order valence-electron chi connectivity index (χ2n) is 7.63. The number of nitrogens with one attached hydrogen (secondary N) is 1. The van der Waals surface area contributed by atoms with Crippen molar-refractivity contribution in [2.24, 2.45) is 0 Å². The van der Waals surface area contributed by atoms with E-state index in [1.54, 1.807) is 0 Å². The first-order valence-electron chi connectivity index (χ1n) is 9.89. The number of aromatic nitrogens is 2. The van der Waals surface area contributed by atoms with Crippen molar-refractivity contribution in [3.8, 4) is 11.1 Å². The maximum atomic E-state index is 12.8. The Bertz CT molecular complexity index is 765. The molecule has 2 saturated heterocycles. The van der Waals surface area contributed by atoms with E-state index in [1.165, 1.54) is 11.1 Å². The van der Waals surface area contributed by atoms with Crippen LogP contribution in [0.4, 0.5) is 0 Å². The third kappa shape index (κ3) is 4.22. The van der Waals surface area contributed by atoms with E-state index in [2.05, 4.69) is 46.3 Å². The highest BCUT2D eigenvalue weighted by molar-refractivity contribution is 5.78. The van der Waals surface area contributed by atoms with Crippen molar-refractivity contribution >= 4 is 5.91 Å². The summed E-state index contributed by atoms with van der Waals surface area (Å²) in [5, 5.41) is 7.52. The molecule has 2 fully saturated rings. The number of carbonyl (C=O) groups is 1. The molecule has 2 aliphatic heterocycles. The molecule has 144 valence electrons. The van der Waals surface area contributed by atoms with E-state index in [4.69, 9.17) is 4.74 Å². The zero-order valence-electron chi connectivity index (χ0n) is 16.0. The number of piperidine rings is 1. The minimum Gasteiger partial charge on any atom is -0.379 e. The molecule has 27 heavy (non-hydrogen) atoms. The summed E-state index contributed by atoms with van der Waals surface area (Å²) in [6, 6.07) is 8.55. The van der Waals surface area contributed by atoms with Crippen LogP contribution in [-0.2, 0) is 9.53 Å². The van der Waals surface area contributed by atoms with Gasteiger partial charge < -0.3 is 9.64 Å². The Morgan fingerprint density at radius 3 is 2.78 bits per heavy atom. The van der Waals surface area contributed by atoms with Gasteiger partial charge in [0.05, 0.1) is 26.0 Å². The molecular formula is C21H28N4O2. The SMILES string of the molecule is Cc1ccc(-c2cn[nH]c2[C@@H]2CCCN(C(=O)CN3CCOCC3)C2)cc1. The van der Waals surface area contributed by atoms with Gasteiger partial charge in [-0.1, -0.05) is 29.8 Å². The molecule has 3 heterocycles. The summed E-state index contributed by atoms with van der Waals surface area (Å²) >= 11 is 0. The largest absolute Gasteiger partial charge is 0.379 e. The number of morpholine rings is 1. The fraction of sp³-hybridized carbons (Fsp3) is 0.524. The molecule has 0 spiro atoms. The number of H-pyrrole nitrogens is 1. The van der Waals surface area contributed by atoms with Crippen molar-refractivity contribution in [2.75, 3.05) is 45.9 Å². The number of nitrogens with zero attached hydrogens (tertiary/aromatic N) is 3. The minimum atomic E-state index is 0.234. The van der Waals surface area contributed by atoms with Crippen LogP contribution in [0.5, 0.6) is 0 Å². The Hall–Kier alpha value is -2.18. The standard InChI is InChI=1S/C21H28N4O2/c1-16-4-6-17(7-5-16)19-13-22-23-21(19)18-3-2-8-25(14-18)20(26)15-24-9-11-27-12-10-24/h4-7,13,18H,2-3,8-12,14-15H2,1H3,(H,22,23)/t18-/m1/s1. The fourth-order valence-corrected chi connectivity index (χ4v) is 4.06. The average molecular weight is 368 g/mol. The molecule has 1 atom stereocenters. The van der Waals surface area contributed by atoms with Gasteiger partial charge in [-0.25, -0.2) is 0 Å². The van der Waals surface area contributed by atoms with Gasteiger partial charge in [-0.2, -0.15) is 5.10 Å². The smallest absolute Gasteiger partial charge is 0.236 e. The molecule has 0 radical (unpaired) electrons. The number of likely N-dealkylation sites (tertiary alicyclic amines) is 1. The van der Waals surface area contributed by atoms with Gasteiger partial charge in [-0.15, -0.1) is 0 Å². The van der Waals surface area contributed by atoms with Crippen LogP contribution in [0.2, 0.25) is 0 Å². The Labute approximate surface area is 160 Å². The van der Waals surface area contributed by atoms with E-state index in [0.29, 0.717) is 12.5 Å². The van der Waals surface area contributed by atoms with Gasteiger partial charge in [0.25, 0.3) is 0 Å². The van der Waals surface area contributed by atoms with Gasteiger partial charge in [0.2, 0.25) is 5.91 Å². The molecule has 0 saturated carbocycles. The number of benzene rings is 1. The molecule has 1 amide bonds. The predicted octanol–water partition coefficient (Wildman–Crippen LogP) is 2.42. The molecule has 0 bridgehead atoms. The second kappa shape index (κ2) is 8.23. The molecule has 0 unspecified atom stereocenters. The Balaban J connectivity index is 1.45. The summed E-state index contributed by atoms with van der Waals surface area (Å²) in [4.78, 5) is 17.0. The summed E-state index contributed by atoms with van der Waals surface area (Å²) in [6.07, 6.45) is 4.03. The quantitative estimate of drug-likeness (QED) is 0.900. The Kier molecular flexibility index (Phi) is 5.55. The molecule has 0 aliphatic carbocycles. The third-order valence-corrected chi connectivity index (χ3v) is 5.68. The highest BCUT2D eigenvalue weighted by atomic mass is 16.5. The van der Waals surface area contributed by atoms with Crippen molar-refractivity contribution in [1.29, 1.82) is 0 Å². The first-order chi connectivity index (χ1) is 13.2. The summed E-state index contributed by atoms with van der Waals surface area (Å²) in [6.45, 7) is 7.37. The fourth-order valence-electron chi connectivity index (χ4n) is 4.06. The summed E-state index contributed by atoms with van der Waals surface area (Å²) in [5.74, 6) is 0.546. The van der Waals surface area contributed by atoms with Gasteiger partial charge in [-0.3, -0.25) is 14.8 Å². The number of hydrogen-bond donors (Lipinski definition) is 1. The average Bonchev–Trinajstić information content (AvgIpc) is 3.19. The van der Waals surface area contributed by atoms with Crippen LogP contribution in [-0.4, -0.2) is 71.8 Å². The maximum absolute atomic E-state index is 12.8. The van der Waals surface area contributed by atoms with Crippen LogP contribution in [0.15, 0.2) is 30.5 Å². The van der Waals surface area contributed by atoms with Gasteiger partial charge >= 0.3 is 0 Å². The van der Waals surface area contributed by atoms with Crippen LogP contribution >= 0.6 is 0 Å². The lowest BCUT2D eigenvalue weighted by atomic mass is 9.90. The predicted molar refractivity (Wildman–Crippen MR) is 105 cm³/mol. The maximum Gasteiger partial charge on any atom is 0.236 e. The van der Waals surface area contributed by atoms with E-state index >= 15 is 0 Å². The molecule has 6 heteroatoms. The topological polar surface area (TPSA) is 61.5 Å². The lowest BCUT2D eigenvalue weighted by Crippen LogP contribution is -2.47. The van der Waals surface area contributed by atoms with E-state index in [1.807, 2.05) is 11.1 Å². The molecule has 1 aromatic carbocycles. The molecular weight excluding hydrogens is 340 g/mol. The van der Waals surface area contributed by atoms with Crippen molar-refractivity contribution in [3.05, 3.63) is 41.7 Å². The van der Waals surface area contributed by atoms with Gasteiger partial charge in [0.1, 0.15) is 0 Å². The van der Waals surface area contributed by atoms with Crippen LogP contribution in [0.3, 0.4) is 0 Å². The van der Waals surface area contributed by atoms with E-state index in [9.17, 15) is 4.79 Å². The first kappa shape index (κ1) is 18.2. The first-order valence-corrected chi connectivity index (χ1v) is 9.89.